The van der Waals surface area contributed by atoms with Crippen molar-refractivity contribution < 1.29 is 14.3 Å². The molecule has 2 N–H and O–H groups in total. The molecule has 1 aromatic carbocycles. The second-order valence-corrected chi connectivity index (χ2v) is 2.42. The summed E-state index contributed by atoms with van der Waals surface area (Å²) in [5.41, 5.74) is 5.28. The molecule has 0 saturated carbocycles. The van der Waals surface area contributed by atoms with Gasteiger partial charge >= 0.3 is 5.97 Å². The predicted molar refractivity (Wildman–Crippen MR) is 45.1 cm³/mol. The highest BCUT2D eigenvalue weighted by Gasteiger charge is 2.03. The van der Waals surface area contributed by atoms with E-state index in [0.717, 1.165) is 0 Å². The van der Waals surface area contributed by atoms with Crippen LogP contribution >= 0.6 is 0 Å². The summed E-state index contributed by atoms with van der Waals surface area (Å²) in [6.07, 6.45) is 0. The molecule has 0 aliphatic carbocycles. The minimum Gasteiger partial charge on any atom is -0.427 e. The van der Waals surface area contributed by atoms with Crippen molar-refractivity contribution >= 4 is 11.9 Å². The molecule has 0 unspecified atom stereocenters. The number of carbonyl (C=O) groups excluding carboxylic acids is 2. The average Bonchev–Trinajstić information content (AvgIpc) is 2.03. The molecule has 13 heavy (non-hydrogen) atoms. The van der Waals surface area contributed by atoms with Gasteiger partial charge in [0.15, 0.2) is 0 Å². The molecule has 1 rings (SSSR count). The summed E-state index contributed by atoms with van der Waals surface area (Å²) in [4.78, 5) is 21.2. The van der Waals surface area contributed by atoms with Crippen molar-refractivity contribution in [1.82, 2.24) is 0 Å². The molecule has 1 radical (unpaired) electrons. The van der Waals surface area contributed by atoms with Gasteiger partial charge in [-0.3, -0.25) is 9.59 Å². The maximum Gasteiger partial charge on any atom is 0.308 e. The summed E-state index contributed by atoms with van der Waals surface area (Å²) >= 11 is 0. The summed E-state index contributed by atoms with van der Waals surface area (Å²) in [6, 6.07) is 6.91. The quantitative estimate of drug-likeness (QED) is 0.530. The van der Waals surface area contributed by atoms with Gasteiger partial charge in [-0.05, 0) is 24.3 Å². The number of hydrogen-bond donors (Lipinski definition) is 1. The summed E-state index contributed by atoms with van der Waals surface area (Å²) in [5, 5.41) is 0. The number of carbonyl (C=O) groups is 2. The van der Waals surface area contributed by atoms with Crippen LogP contribution in [0.15, 0.2) is 18.2 Å². The zero-order valence-electron chi connectivity index (χ0n) is 7.03. The first-order valence-electron chi connectivity index (χ1n) is 3.59. The first-order chi connectivity index (χ1) is 6.09. The van der Waals surface area contributed by atoms with Crippen LogP contribution in [0.3, 0.4) is 0 Å². The van der Waals surface area contributed by atoms with Gasteiger partial charge < -0.3 is 10.5 Å². The standard InChI is InChI=1S/C9H8NO3/c1-6(11)13-8-4-2-3-7(5-8)9(10)12/h3-5H,1H3,(H2,10,12). The number of hydrogen-bond acceptors (Lipinski definition) is 3. The van der Waals surface area contributed by atoms with E-state index in [4.69, 9.17) is 10.5 Å². The van der Waals surface area contributed by atoms with Crippen molar-refractivity contribution in [3.05, 3.63) is 29.8 Å². The normalized spacial score (nSPS) is 9.31. The summed E-state index contributed by atoms with van der Waals surface area (Å²) in [6.45, 7) is 1.27. The van der Waals surface area contributed by atoms with E-state index in [1.165, 1.54) is 25.1 Å². The fourth-order valence-electron chi connectivity index (χ4n) is 0.817. The Morgan fingerprint density at radius 1 is 1.46 bits per heavy atom. The molecule has 0 fully saturated rings. The van der Waals surface area contributed by atoms with Crippen LogP contribution < -0.4 is 10.5 Å². The average molecular weight is 178 g/mol. The van der Waals surface area contributed by atoms with Gasteiger partial charge in [0.2, 0.25) is 5.91 Å². The summed E-state index contributed by atoms with van der Waals surface area (Å²) in [5.74, 6) is -0.760. The van der Waals surface area contributed by atoms with Crippen molar-refractivity contribution in [2.45, 2.75) is 6.92 Å². The van der Waals surface area contributed by atoms with Crippen LogP contribution in [-0.4, -0.2) is 11.9 Å². The lowest BCUT2D eigenvalue weighted by Crippen LogP contribution is -2.11. The van der Waals surface area contributed by atoms with Crippen LogP contribution in [-0.2, 0) is 4.79 Å². The van der Waals surface area contributed by atoms with E-state index < -0.39 is 11.9 Å². The zero-order chi connectivity index (χ0) is 9.84. The Bertz CT molecular complexity index is 346. The third-order valence-corrected chi connectivity index (χ3v) is 1.31. The highest BCUT2D eigenvalue weighted by Crippen LogP contribution is 2.12. The Morgan fingerprint density at radius 2 is 2.15 bits per heavy atom. The number of primary amides is 1. The molecule has 67 valence electrons. The maximum atomic E-state index is 10.7. The molecule has 0 aromatic heterocycles. The topological polar surface area (TPSA) is 69.4 Å². The largest absolute Gasteiger partial charge is 0.427 e. The van der Waals surface area contributed by atoms with Gasteiger partial charge in [-0.15, -0.1) is 0 Å². The van der Waals surface area contributed by atoms with Crippen LogP contribution in [0.5, 0.6) is 5.75 Å². The van der Waals surface area contributed by atoms with E-state index in [1.807, 2.05) is 0 Å². The smallest absolute Gasteiger partial charge is 0.308 e. The van der Waals surface area contributed by atoms with Crippen LogP contribution in [0, 0.1) is 6.07 Å². The van der Waals surface area contributed by atoms with Crippen molar-refractivity contribution in [2.24, 2.45) is 5.73 Å². The van der Waals surface area contributed by atoms with Crippen molar-refractivity contribution in [1.29, 1.82) is 0 Å². The maximum absolute atomic E-state index is 10.7. The SMILES string of the molecule is CC(=O)Oc1c[c]cc(C(N)=O)c1. The van der Waals surface area contributed by atoms with Gasteiger partial charge in [-0.2, -0.15) is 0 Å². The molecular weight excluding hydrogens is 170 g/mol. The fourth-order valence-corrected chi connectivity index (χ4v) is 0.817. The number of esters is 1. The molecule has 0 atom stereocenters. The Kier molecular flexibility index (Phi) is 2.64. The van der Waals surface area contributed by atoms with Crippen molar-refractivity contribution in [2.75, 3.05) is 0 Å². The van der Waals surface area contributed by atoms with E-state index in [9.17, 15) is 9.59 Å². The Balaban J connectivity index is 2.91. The third-order valence-electron chi connectivity index (χ3n) is 1.31. The van der Waals surface area contributed by atoms with Gasteiger partial charge in [0, 0.05) is 12.5 Å². The van der Waals surface area contributed by atoms with Crippen molar-refractivity contribution in [3.63, 3.8) is 0 Å². The lowest BCUT2D eigenvalue weighted by atomic mass is 10.2. The second-order valence-electron chi connectivity index (χ2n) is 2.42. The molecule has 4 heteroatoms. The fraction of sp³-hybridized carbons (Fsp3) is 0.111. The molecule has 0 aliphatic heterocycles. The van der Waals surface area contributed by atoms with E-state index in [1.54, 1.807) is 0 Å². The van der Waals surface area contributed by atoms with Gasteiger partial charge in [0.25, 0.3) is 0 Å². The number of amides is 1. The minimum atomic E-state index is -0.578. The lowest BCUT2D eigenvalue weighted by Gasteiger charge is -2.01. The van der Waals surface area contributed by atoms with Gasteiger partial charge in [0.1, 0.15) is 5.75 Å². The first kappa shape index (κ1) is 9.25. The highest BCUT2D eigenvalue weighted by molar-refractivity contribution is 5.93. The number of rotatable bonds is 2. The predicted octanol–water partition coefficient (Wildman–Crippen LogP) is 0.511. The molecular formula is C9H8NO3. The highest BCUT2D eigenvalue weighted by atomic mass is 16.5. The molecule has 1 amide bonds. The monoisotopic (exact) mass is 178 g/mol. The molecule has 1 aromatic rings. The lowest BCUT2D eigenvalue weighted by molar-refractivity contribution is -0.131. The second kappa shape index (κ2) is 3.71. The van der Waals surface area contributed by atoms with E-state index in [2.05, 4.69) is 6.07 Å². The molecule has 0 heterocycles. The Labute approximate surface area is 75.3 Å². The molecule has 0 aliphatic rings. The van der Waals surface area contributed by atoms with Crippen molar-refractivity contribution in [3.8, 4) is 5.75 Å². The first-order valence-corrected chi connectivity index (χ1v) is 3.59. The number of nitrogens with two attached hydrogens (primary N) is 1. The minimum absolute atomic E-state index is 0.263. The van der Waals surface area contributed by atoms with Crippen LogP contribution in [0.4, 0.5) is 0 Å². The third kappa shape index (κ3) is 2.59. The zero-order valence-corrected chi connectivity index (χ0v) is 7.03. The van der Waals surface area contributed by atoms with Crippen LogP contribution in [0.2, 0.25) is 0 Å². The van der Waals surface area contributed by atoms with Gasteiger partial charge in [-0.25, -0.2) is 0 Å². The summed E-state index contributed by atoms with van der Waals surface area (Å²) in [7, 11) is 0. The molecule has 4 nitrogen and oxygen atoms in total. The Hall–Kier alpha value is -1.84. The Morgan fingerprint density at radius 3 is 2.69 bits per heavy atom. The number of ether oxygens (including phenoxy) is 1. The van der Waals surface area contributed by atoms with Gasteiger partial charge in [-0.1, -0.05) is 0 Å². The van der Waals surface area contributed by atoms with E-state index >= 15 is 0 Å². The summed E-state index contributed by atoms with van der Waals surface area (Å²) < 4.78 is 4.73. The molecule has 0 spiro atoms. The molecule has 0 bridgehead atoms. The van der Waals surface area contributed by atoms with Crippen LogP contribution in [0.1, 0.15) is 17.3 Å². The van der Waals surface area contributed by atoms with E-state index in [-0.39, 0.29) is 11.3 Å². The number of benzene rings is 1. The van der Waals surface area contributed by atoms with Gasteiger partial charge in [0.05, 0.1) is 0 Å². The molecule has 0 saturated heterocycles. The van der Waals surface area contributed by atoms with E-state index in [0.29, 0.717) is 0 Å². The van der Waals surface area contributed by atoms with Crippen LogP contribution in [0.25, 0.3) is 0 Å².